The van der Waals surface area contributed by atoms with Crippen LogP contribution in [0.3, 0.4) is 0 Å². The Labute approximate surface area is 112 Å². The van der Waals surface area contributed by atoms with Gasteiger partial charge in [0.2, 0.25) is 0 Å². The molecule has 0 radical (unpaired) electrons. The van der Waals surface area contributed by atoms with Crippen molar-refractivity contribution >= 4 is 22.3 Å². The number of nitrogens with two attached hydrogens (primary N) is 1. The SMILES string of the molecule is COCC(O)CCNc1ccc2ncccc2c1N. The van der Waals surface area contributed by atoms with Crippen molar-refractivity contribution in [3.63, 3.8) is 0 Å². The number of aliphatic hydroxyl groups is 1. The van der Waals surface area contributed by atoms with Gasteiger partial charge in [0, 0.05) is 25.2 Å². The van der Waals surface area contributed by atoms with E-state index in [1.165, 1.54) is 0 Å². The van der Waals surface area contributed by atoms with E-state index in [4.69, 9.17) is 10.5 Å². The third-order valence-corrected chi connectivity index (χ3v) is 2.98. The van der Waals surface area contributed by atoms with Crippen molar-refractivity contribution < 1.29 is 9.84 Å². The Morgan fingerprint density at radius 3 is 3.05 bits per heavy atom. The van der Waals surface area contributed by atoms with Crippen LogP contribution in [0, 0.1) is 0 Å². The topological polar surface area (TPSA) is 80.4 Å². The highest BCUT2D eigenvalue weighted by Gasteiger charge is 2.06. The lowest BCUT2D eigenvalue weighted by Gasteiger charge is -2.13. The fourth-order valence-corrected chi connectivity index (χ4v) is 1.98. The molecule has 0 aliphatic carbocycles. The van der Waals surface area contributed by atoms with Crippen molar-refractivity contribution in [2.24, 2.45) is 0 Å². The monoisotopic (exact) mass is 261 g/mol. The Morgan fingerprint density at radius 1 is 1.42 bits per heavy atom. The fourth-order valence-electron chi connectivity index (χ4n) is 1.98. The zero-order chi connectivity index (χ0) is 13.7. The Balaban J connectivity index is 2.03. The van der Waals surface area contributed by atoms with Crippen molar-refractivity contribution in [1.82, 2.24) is 4.98 Å². The zero-order valence-corrected chi connectivity index (χ0v) is 11.0. The molecule has 1 aromatic heterocycles. The van der Waals surface area contributed by atoms with Gasteiger partial charge in [0.25, 0.3) is 0 Å². The molecule has 5 heteroatoms. The Hall–Kier alpha value is -1.85. The van der Waals surface area contributed by atoms with Gasteiger partial charge in [-0.1, -0.05) is 0 Å². The van der Waals surface area contributed by atoms with Crippen molar-refractivity contribution in [3.8, 4) is 0 Å². The standard InChI is InChI=1S/C14H19N3O2/c1-19-9-10(18)6-8-17-13-5-4-12-11(14(13)15)3-2-7-16-12/h2-5,7,10,17-18H,6,8-9,15H2,1H3. The molecule has 0 bridgehead atoms. The number of nitrogens with zero attached hydrogens (tertiary/aromatic N) is 1. The highest BCUT2D eigenvalue weighted by Crippen LogP contribution is 2.27. The summed E-state index contributed by atoms with van der Waals surface area (Å²) in [4.78, 5) is 4.25. The number of anilines is 2. The summed E-state index contributed by atoms with van der Waals surface area (Å²) in [7, 11) is 1.57. The Kier molecular flexibility index (Phi) is 4.54. The molecular formula is C14H19N3O2. The van der Waals surface area contributed by atoms with Crippen LogP contribution < -0.4 is 11.1 Å². The first-order valence-corrected chi connectivity index (χ1v) is 6.26. The normalized spacial score (nSPS) is 12.5. The molecule has 2 aromatic rings. The second kappa shape index (κ2) is 6.36. The van der Waals surface area contributed by atoms with Crippen LogP contribution >= 0.6 is 0 Å². The minimum atomic E-state index is -0.458. The van der Waals surface area contributed by atoms with Gasteiger partial charge < -0.3 is 20.9 Å². The van der Waals surface area contributed by atoms with Gasteiger partial charge in [0.1, 0.15) is 0 Å². The number of hydrogen-bond acceptors (Lipinski definition) is 5. The molecule has 5 nitrogen and oxygen atoms in total. The molecular weight excluding hydrogens is 242 g/mol. The molecule has 2 rings (SSSR count). The maximum absolute atomic E-state index is 9.56. The minimum Gasteiger partial charge on any atom is -0.397 e. The van der Waals surface area contributed by atoms with Crippen molar-refractivity contribution in [2.75, 3.05) is 31.3 Å². The van der Waals surface area contributed by atoms with Crippen LogP contribution in [-0.4, -0.2) is 36.5 Å². The third kappa shape index (κ3) is 3.33. The molecule has 1 heterocycles. The van der Waals surface area contributed by atoms with Crippen LogP contribution in [0.2, 0.25) is 0 Å². The van der Waals surface area contributed by atoms with E-state index in [0.29, 0.717) is 25.3 Å². The molecule has 0 aliphatic heterocycles. The smallest absolute Gasteiger partial charge is 0.0790 e. The summed E-state index contributed by atoms with van der Waals surface area (Å²) in [5.74, 6) is 0. The predicted molar refractivity (Wildman–Crippen MR) is 77.1 cm³/mol. The largest absolute Gasteiger partial charge is 0.397 e. The summed E-state index contributed by atoms with van der Waals surface area (Å²) >= 11 is 0. The number of fused-ring (bicyclic) bond motifs is 1. The third-order valence-electron chi connectivity index (χ3n) is 2.98. The highest BCUT2D eigenvalue weighted by molar-refractivity contribution is 5.96. The number of aliphatic hydroxyl groups excluding tert-OH is 1. The van der Waals surface area contributed by atoms with E-state index in [-0.39, 0.29) is 0 Å². The van der Waals surface area contributed by atoms with Crippen LogP contribution in [0.4, 0.5) is 11.4 Å². The first kappa shape index (κ1) is 13.6. The van der Waals surface area contributed by atoms with E-state index in [2.05, 4.69) is 10.3 Å². The van der Waals surface area contributed by atoms with Gasteiger partial charge in [0.05, 0.1) is 29.6 Å². The van der Waals surface area contributed by atoms with Crippen molar-refractivity contribution in [2.45, 2.75) is 12.5 Å². The van der Waals surface area contributed by atoms with Crippen LogP contribution in [0.1, 0.15) is 6.42 Å². The molecule has 0 aliphatic rings. The van der Waals surface area contributed by atoms with E-state index in [1.807, 2.05) is 24.3 Å². The van der Waals surface area contributed by atoms with Crippen LogP contribution in [0.5, 0.6) is 0 Å². The molecule has 1 unspecified atom stereocenters. The van der Waals surface area contributed by atoms with Gasteiger partial charge in [-0.3, -0.25) is 4.98 Å². The number of nitrogens with one attached hydrogen (secondary N) is 1. The van der Waals surface area contributed by atoms with Crippen LogP contribution in [-0.2, 0) is 4.74 Å². The van der Waals surface area contributed by atoms with Crippen molar-refractivity contribution in [1.29, 1.82) is 0 Å². The molecule has 1 aromatic carbocycles. The van der Waals surface area contributed by atoms with Gasteiger partial charge in [0.15, 0.2) is 0 Å². The number of nitrogen functional groups attached to an aromatic ring is 1. The molecule has 0 amide bonds. The molecule has 102 valence electrons. The first-order valence-electron chi connectivity index (χ1n) is 6.26. The number of pyridine rings is 1. The maximum Gasteiger partial charge on any atom is 0.0790 e. The van der Waals surface area contributed by atoms with Gasteiger partial charge >= 0.3 is 0 Å². The lowest BCUT2D eigenvalue weighted by atomic mass is 10.1. The lowest BCUT2D eigenvalue weighted by Crippen LogP contribution is -2.18. The summed E-state index contributed by atoms with van der Waals surface area (Å²) in [6.07, 6.45) is 1.90. The molecule has 0 saturated carbocycles. The summed E-state index contributed by atoms with van der Waals surface area (Å²) in [6, 6.07) is 7.65. The summed E-state index contributed by atoms with van der Waals surface area (Å²) < 4.78 is 4.88. The van der Waals surface area contributed by atoms with Crippen molar-refractivity contribution in [3.05, 3.63) is 30.5 Å². The van der Waals surface area contributed by atoms with Gasteiger partial charge in [-0.2, -0.15) is 0 Å². The van der Waals surface area contributed by atoms with Gasteiger partial charge in [-0.25, -0.2) is 0 Å². The van der Waals surface area contributed by atoms with Crippen LogP contribution in [0.25, 0.3) is 10.9 Å². The van der Waals surface area contributed by atoms with E-state index < -0.39 is 6.10 Å². The van der Waals surface area contributed by atoms with Gasteiger partial charge in [-0.05, 0) is 30.7 Å². The molecule has 1 atom stereocenters. The minimum absolute atomic E-state index is 0.346. The number of aromatic nitrogens is 1. The zero-order valence-electron chi connectivity index (χ0n) is 11.0. The molecule has 0 fully saturated rings. The predicted octanol–water partition coefficient (Wildman–Crippen LogP) is 1.63. The Morgan fingerprint density at radius 2 is 2.26 bits per heavy atom. The summed E-state index contributed by atoms with van der Waals surface area (Å²) in [5, 5.41) is 13.7. The van der Waals surface area contributed by atoms with E-state index in [0.717, 1.165) is 16.6 Å². The van der Waals surface area contributed by atoms with E-state index in [1.54, 1.807) is 13.3 Å². The van der Waals surface area contributed by atoms with E-state index in [9.17, 15) is 5.11 Å². The number of ether oxygens (including phenoxy) is 1. The highest BCUT2D eigenvalue weighted by atomic mass is 16.5. The number of methoxy groups -OCH3 is 1. The molecule has 0 spiro atoms. The summed E-state index contributed by atoms with van der Waals surface area (Å²) in [5.41, 5.74) is 8.54. The first-order chi connectivity index (χ1) is 9.22. The molecule has 19 heavy (non-hydrogen) atoms. The lowest BCUT2D eigenvalue weighted by molar-refractivity contribution is 0.0615. The average molecular weight is 261 g/mol. The summed E-state index contributed by atoms with van der Waals surface area (Å²) in [6.45, 7) is 0.985. The number of hydrogen-bond donors (Lipinski definition) is 3. The maximum atomic E-state index is 9.56. The van der Waals surface area contributed by atoms with E-state index >= 15 is 0 Å². The second-order valence-electron chi connectivity index (χ2n) is 4.42. The average Bonchev–Trinajstić information content (AvgIpc) is 2.42. The number of rotatable bonds is 6. The quantitative estimate of drug-likeness (QED) is 0.689. The fraction of sp³-hybridized carbons (Fsp3) is 0.357. The second-order valence-corrected chi connectivity index (χ2v) is 4.42. The molecule has 4 N–H and O–H groups in total. The Bertz CT molecular complexity index is 545. The molecule has 0 saturated heterocycles. The van der Waals surface area contributed by atoms with Crippen LogP contribution in [0.15, 0.2) is 30.5 Å². The number of benzene rings is 1. The van der Waals surface area contributed by atoms with Gasteiger partial charge in [-0.15, -0.1) is 0 Å².